The van der Waals surface area contributed by atoms with E-state index in [0.717, 1.165) is 43.4 Å². The van der Waals surface area contributed by atoms with E-state index in [1.807, 2.05) is 78.9 Å². The lowest BCUT2D eigenvalue weighted by atomic mass is 9.84. The van der Waals surface area contributed by atoms with Gasteiger partial charge in [-0.25, -0.2) is 0 Å². The molecule has 0 bridgehead atoms. The molecular formula is C40H24O. The van der Waals surface area contributed by atoms with Gasteiger partial charge in [0.05, 0.1) is 13.7 Å². The van der Waals surface area contributed by atoms with Crippen molar-refractivity contribution in [2.45, 2.75) is 0 Å². The zero-order chi connectivity index (χ0) is 35.6. The summed E-state index contributed by atoms with van der Waals surface area (Å²) in [5, 5.41) is 5.91. The Morgan fingerprint density at radius 1 is 0.439 bits per heavy atom. The highest BCUT2D eigenvalue weighted by atomic mass is 16.3. The molecule has 1 heteroatoms. The SMILES string of the molecule is [2H]c1c([2H])c([2H])c2c(oc3cc4cccc(-c5c6ccccc6c(-c6cc([2H])c7c([2H])c([2H])c([2H])c([2H])c7c6[2H])c6ccccc56)c4cc32)c1[2H]. The van der Waals surface area contributed by atoms with Crippen LogP contribution in [0.2, 0.25) is 0 Å². The standard InChI is InChI=1S/C40H24O/c1-2-11-26-22-28(21-20-25(26)10-1)39-30-14-3-5-16-32(30)40(33-17-6-4-15-31(33)39)34-18-9-12-27-23-38-36(24-35(27)34)29-13-7-8-19-37(29)41-38/h1-24H/i1D,2D,7D,8D,10D,11D,13D,19D,20D,22D. The lowest BCUT2D eigenvalue weighted by Crippen LogP contribution is -1.91. The molecule has 0 fully saturated rings. The first kappa shape index (κ1) is 14.8. The fraction of sp³-hybridized carbons (Fsp3) is 0. The monoisotopic (exact) mass is 530 g/mol. The fourth-order valence-corrected chi connectivity index (χ4v) is 6.15. The van der Waals surface area contributed by atoms with Crippen molar-refractivity contribution in [3.63, 3.8) is 0 Å². The predicted molar refractivity (Wildman–Crippen MR) is 175 cm³/mol. The van der Waals surface area contributed by atoms with Crippen LogP contribution in [0.4, 0.5) is 0 Å². The molecule has 41 heavy (non-hydrogen) atoms. The van der Waals surface area contributed by atoms with E-state index in [1.54, 1.807) is 0 Å². The smallest absolute Gasteiger partial charge is 0.136 e. The van der Waals surface area contributed by atoms with Crippen molar-refractivity contribution in [1.29, 1.82) is 0 Å². The maximum Gasteiger partial charge on any atom is 0.136 e. The van der Waals surface area contributed by atoms with Crippen molar-refractivity contribution in [1.82, 2.24) is 0 Å². The molecule has 0 aliphatic heterocycles. The third-order valence-corrected chi connectivity index (χ3v) is 7.89. The molecule has 9 aromatic rings. The third-order valence-electron chi connectivity index (χ3n) is 7.89. The predicted octanol–water partition coefficient (Wildman–Crippen LogP) is 11.5. The second-order valence-electron chi connectivity index (χ2n) is 10.1. The van der Waals surface area contributed by atoms with Gasteiger partial charge in [-0.1, -0.05) is 121 Å². The van der Waals surface area contributed by atoms with E-state index in [9.17, 15) is 1.37 Å². The van der Waals surface area contributed by atoms with Crippen LogP contribution >= 0.6 is 0 Å². The van der Waals surface area contributed by atoms with Crippen LogP contribution in [0, 0.1) is 0 Å². The van der Waals surface area contributed by atoms with Crippen LogP contribution in [0.15, 0.2) is 150 Å². The van der Waals surface area contributed by atoms with Crippen molar-refractivity contribution in [3.8, 4) is 22.3 Å². The van der Waals surface area contributed by atoms with Crippen molar-refractivity contribution in [2.24, 2.45) is 0 Å². The van der Waals surface area contributed by atoms with Crippen molar-refractivity contribution < 1.29 is 18.1 Å². The summed E-state index contributed by atoms with van der Waals surface area (Å²) in [4.78, 5) is 0. The Kier molecular flexibility index (Phi) is 3.09. The van der Waals surface area contributed by atoms with Crippen LogP contribution < -0.4 is 0 Å². The van der Waals surface area contributed by atoms with E-state index >= 15 is 0 Å². The summed E-state index contributed by atoms with van der Waals surface area (Å²) in [6.07, 6.45) is 0. The van der Waals surface area contributed by atoms with Gasteiger partial charge in [-0.2, -0.15) is 0 Å². The van der Waals surface area contributed by atoms with Gasteiger partial charge in [0, 0.05) is 10.8 Å². The Balaban J connectivity index is 1.42. The number of para-hydroxylation sites is 1. The summed E-state index contributed by atoms with van der Waals surface area (Å²) in [6, 6.07) is 24.0. The number of hydrogen-bond donors (Lipinski definition) is 0. The summed E-state index contributed by atoms with van der Waals surface area (Å²) in [5.41, 5.74) is 3.41. The molecule has 0 saturated carbocycles. The minimum Gasteiger partial charge on any atom is -0.456 e. The van der Waals surface area contributed by atoms with Crippen LogP contribution in [0.5, 0.6) is 0 Å². The summed E-state index contributed by atoms with van der Waals surface area (Å²) < 4.78 is 91.5. The molecule has 0 N–H and O–H groups in total. The van der Waals surface area contributed by atoms with Gasteiger partial charge in [0.1, 0.15) is 11.2 Å². The largest absolute Gasteiger partial charge is 0.456 e. The first-order chi connectivity index (χ1) is 24.5. The summed E-state index contributed by atoms with van der Waals surface area (Å²) in [7, 11) is 0. The van der Waals surface area contributed by atoms with Crippen LogP contribution in [-0.2, 0) is 0 Å². The highest BCUT2D eigenvalue weighted by Crippen LogP contribution is 2.46. The maximum absolute atomic E-state index is 9.35. The van der Waals surface area contributed by atoms with Crippen LogP contribution in [0.3, 0.4) is 0 Å². The van der Waals surface area contributed by atoms with E-state index in [0.29, 0.717) is 27.5 Å². The molecule has 0 unspecified atom stereocenters. The molecular weight excluding hydrogens is 496 g/mol. The average Bonchev–Trinajstić information content (AvgIpc) is 3.51. The number of rotatable bonds is 2. The van der Waals surface area contributed by atoms with Gasteiger partial charge in [0.2, 0.25) is 0 Å². The number of hydrogen-bond acceptors (Lipinski definition) is 1. The minimum atomic E-state index is -0.450. The topological polar surface area (TPSA) is 13.1 Å². The summed E-state index contributed by atoms with van der Waals surface area (Å²) in [6.45, 7) is 0. The highest BCUT2D eigenvalue weighted by Gasteiger charge is 2.19. The van der Waals surface area contributed by atoms with Gasteiger partial charge in [-0.15, -0.1) is 0 Å². The summed E-state index contributed by atoms with van der Waals surface area (Å²) in [5.74, 6) is 0. The minimum absolute atomic E-state index is 0.00382. The zero-order valence-electron chi connectivity index (χ0n) is 31.5. The van der Waals surface area contributed by atoms with Crippen molar-refractivity contribution in [3.05, 3.63) is 145 Å². The fourth-order valence-electron chi connectivity index (χ4n) is 6.15. The summed E-state index contributed by atoms with van der Waals surface area (Å²) >= 11 is 0. The van der Waals surface area contributed by atoms with E-state index < -0.39 is 12.1 Å². The quantitative estimate of drug-likeness (QED) is 0.203. The Bertz CT molecular complexity index is 2980. The Morgan fingerprint density at radius 3 is 1.90 bits per heavy atom. The van der Waals surface area contributed by atoms with Crippen LogP contribution in [0.25, 0.3) is 87.3 Å². The molecule has 0 radical (unpaired) electrons. The van der Waals surface area contributed by atoms with Gasteiger partial charge in [0.15, 0.2) is 0 Å². The van der Waals surface area contributed by atoms with E-state index in [4.69, 9.17) is 16.8 Å². The van der Waals surface area contributed by atoms with Crippen LogP contribution in [-0.4, -0.2) is 0 Å². The molecule has 1 aromatic heterocycles. The molecule has 8 aromatic carbocycles. The average molecular weight is 531 g/mol. The normalized spacial score (nSPS) is 15.3. The Morgan fingerprint density at radius 2 is 1.12 bits per heavy atom. The molecule has 9 rings (SSSR count). The molecule has 190 valence electrons. The van der Waals surface area contributed by atoms with Crippen molar-refractivity contribution in [2.75, 3.05) is 0 Å². The molecule has 0 aliphatic carbocycles. The van der Waals surface area contributed by atoms with Gasteiger partial charge < -0.3 is 4.42 Å². The zero-order valence-corrected chi connectivity index (χ0v) is 21.5. The third kappa shape index (κ3) is 3.30. The Hall–Kier alpha value is -5.40. The molecule has 0 atom stereocenters. The molecule has 1 heterocycles. The molecule has 0 aliphatic rings. The second kappa shape index (κ2) is 8.55. The number of fused-ring (bicyclic) bond motifs is 7. The molecule has 0 saturated heterocycles. The Labute approximate surface area is 250 Å². The first-order valence-electron chi connectivity index (χ1n) is 18.3. The molecule has 0 spiro atoms. The van der Waals surface area contributed by atoms with Crippen LogP contribution in [0.1, 0.15) is 13.7 Å². The van der Waals surface area contributed by atoms with Crippen molar-refractivity contribution >= 4 is 65.0 Å². The number of furan rings is 1. The van der Waals surface area contributed by atoms with Gasteiger partial charge in [-0.05, 0) is 89.6 Å². The lowest BCUT2D eigenvalue weighted by molar-refractivity contribution is 0.669. The van der Waals surface area contributed by atoms with E-state index in [-0.39, 0.29) is 64.7 Å². The van der Waals surface area contributed by atoms with E-state index in [1.165, 1.54) is 6.07 Å². The van der Waals surface area contributed by atoms with Gasteiger partial charge in [-0.3, -0.25) is 0 Å². The highest BCUT2D eigenvalue weighted by molar-refractivity contribution is 6.24. The number of benzene rings is 8. The van der Waals surface area contributed by atoms with E-state index in [2.05, 4.69) is 0 Å². The maximum atomic E-state index is 9.35. The van der Waals surface area contributed by atoms with Gasteiger partial charge in [0.25, 0.3) is 0 Å². The first-order valence-corrected chi connectivity index (χ1v) is 13.3. The second-order valence-corrected chi connectivity index (χ2v) is 10.1. The van der Waals surface area contributed by atoms with Gasteiger partial charge >= 0.3 is 0 Å². The lowest BCUT2D eigenvalue weighted by Gasteiger charge is -2.19. The molecule has 1 nitrogen and oxygen atoms in total. The molecule has 0 amide bonds.